The third kappa shape index (κ3) is 4.99. The van der Waals surface area contributed by atoms with Crippen LogP contribution in [0.5, 0.6) is 5.88 Å². The zero-order valence-electron chi connectivity index (χ0n) is 12.1. The summed E-state index contributed by atoms with van der Waals surface area (Å²) in [5.41, 5.74) is 1.08. The molecule has 0 saturated carbocycles. The van der Waals surface area contributed by atoms with Crippen molar-refractivity contribution < 1.29 is 9.47 Å². The second kappa shape index (κ2) is 7.95. The molecule has 2 aromatic rings. The number of aromatic nitrogens is 2. The first-order chi connectivity index (χ1) is 10.2. The van der Waals surface area contributed by atoms with E-state index in [4.69, 9.17) is 9.47 Å². The van der Waals surface area contributed by atoms with E-state index in [-0.39, 0.29) is 0 Å². The van der Waals surface area contributed by atoms with E-state index < -0.39 is 0 Å². The quantitative estimate of drug-likeness (QED) is 0.828. The third-order valence-electron chi connectivity index (χ3n) is 2.74. The van der Waals surface area contributed by atoms with Crippen molar-refractivity contribution in [2.45, 2.75) is 20.1 Å². The normalized spacial score (nSPS) is 10.4. The second-order valence-electron chi connectivity index (χ2n) is 4.31. The van der Waals surface area contributed by atoms with Crippen molar-refractivity contribution in [3.8, 4) is 5.88 Å². The smallest absolute Gasteiger partial charge is 0.219 e. The molecule has 0 atom stereocenters. The van der Waals surface area contributed by atoms with Crippen LogP contribution in [0, 0.1) is 0 Å². The molecule has 0 bridgehead atoms. The molecule has 0 aliphatic carbocycles. The molecule has 0 saturated heterocycles. The van der Waals surface area contributed by atoms with Crippen LogP contribution in [0.15, 0.2) is 34.8 Å². The number of anilines is 1. The summed E-state index contributed by atoms with van der Waals surface area (Å²) in [4.78, 5) is 8.67. The van der Waals surface area contributed by atoms with Gasteiger partial charge in [-0.25, -0.2) is 4.98 Å². The van der Waals surface area contributed by atoms with E-state index in [9.17, 15) is 0 Å². The highest BCUT2D eigenvalue weighted by atomic mass is 79.9. The molecule has 1 aromatic carbocycles. The van der Waals surface area contributed by atoms with Gasteiger partial charge in [0.25, 0.3) is 0 Å². The molecular weight excluding hydrogens is 334 g/mol. The minimum absolute atomic E-state index is 0.376. The number of rotatable bonds is 7. The number of hydrogen-bond donors (Lipinski definition) is 1. The minimum atomic E-state index is 0.376. The summed E-state index contributed by atoms with van der Waals surface area (Å²) in [6, 6.07) is 9.75. The van der Waals surface area contributed by atoms with Gasteiger partial charge in [0.15, 0.2) is 5.82 Å². The molecule has 0 aliphatic heterocycles. The average Bonchev–Trinajstić information content (AvgIpc) is 2.52. The molecule has 1 N–H and O–H groups in total. The van der Waals surface area contributed by atoms with E-state index in [1.54, 1.807) is 6.07 Å². The zero-order chi connectivity index (χ0) is 15.1. The first-order valence-corrected chi connectivity index (χ1v) is 7.51. The monoisotopic (exact) mass is 351 g/mol. The summed E-state index contributed by atoms with van der Waals surface area (Å²) < 4.78 is 12.1. The molecule has 2 rings (SSSR count). The van der Waals surface area contributed by atoms with Gasteiger partial charge in [-0.1, -0.05) is 28.1 Å². The molecule has 0 radical (unpaired) electrons. The minimum Gasteiger partial charge on any atom is -0.473 e. The van der Waals surface area contributed by atoms with Crippen molar-refractivity contribution in [3.05, 3.63) is 46.2 Å². The molecule has 21 heavy (non-hydrogen) atoms. The summed E-state index contributed by atoms with van der Waals surface area (Å²) in [5.74, 6) is 1.85. The fourth-order valence-corrected chi connectivity index (χ4v) is 1.93. The third-order valence-corrected chi connectivity index (χ3v) is 3.27. The highest BCUT2D eigenvalue weighted by Gasteiger charge is 2.05. The van der Waals surface area contributed by atoms with Gasteiger partial charge in [0, 0.05) is 24.2 Å². The summed E-state index contributed by atoms with van der Waals surface area (Å²) in [6.45, 7) is 3.40. The number of nitrogens with one attached hydrogen (secondary N) is 1. The number of hydrogen-bond acceptors (Lipinski definition) is 5. The molecule has 0 aliphatic rings. The van der Waals surface area contributed by atoms with E-state index in [1.165, 1.54) is 0 Å². The maximum Gasteiger partial charge on any atom is 0.219 e. The van der Waals surface area contributed by atoms with Crippen molar-refractivity contribution in [1.29, 1.82) is 0 Å². The van der Waals surface area contributed by atoms with E-state index in [0.717, 1.165) is 10.0 Å². The van der Waals surface area contributed by atoms with E-state index >= 15 is 0 Å². The van der Waals surface area contributed by atoms with Crippen LogP contribution in [0.4, 0.5) is 5.82 Å². The van der Waals surface area contributed by atoms with Crippen LogP contribution in [0.3, 0.4) is 0 Å². The van der Waals surface area contributed by atoms with Crippen LogP contribution in [0.25, 0.3) is 0 Å². The number of halogens is 1. The van der Waals surface area contributed by atoms with Crippen LogP contribution >= 0.6 is 15.9 Å². The molecule has 1 heterocycles. The first kappa shape index (κ1) is 15.7. The van der Waals surface area contributed by atoms with Crippen LogP contribution in [0.2, 0.25) is 0 Å². The Morgan fingerprint density at radius 3 is 2.57 bits per heavy atom. The fourth-order valence-electron chi connectivity index (χ4n) is 1.67. The average molecular weight is 352 g/mol. The summed E-state index contributed by atoms with van der Waals surface area (Å²) in [6.07, 6.45) is 0. The largest absolute Gasteiger partial charge is 0.473 e. The zero-order valence-corrected chi connectivity index (χ0v) is 13.7. The van der Waals surface area contributed by atoms with Crippen molar-refractivity contribution in [2.75, 3.05) is 19.0 Å². The Bertz CT molecular complexity index is 576. The van der Waals surface area contributed by atoms with Gasteiger partial charge in [0.2, 0.25) is 5.88 Å². The molecule has 0 unspecified atom stereocenters. The Hall–Kier alpha value is -1.66. The van der Waals surface area contributed by atoms with E-state index in [2.05, 4.69) is 31.2 Å². The lowest BCUT2D eigenvalue weighted by atomic mass is 10.2. The van der Waals surface area contributed by atoms with Gasteiger partial charge in [-0.15, -0.1) is 0 Å². The van der Waals surface area contributed by atoms with Crippen LogP contribution in [-0.2, 0) is 18.0 Å². The maximum atomic E-state index is 5.73. The topological polar surface area (TPSA) is 56.3 Å². The lowest BCUT2D eigenvalue weighted by Crippen LogP contribution is -2.05. The van der Waals surface area contributed by atoms with Gasteiger partial charge in [0.05, 0.1) is 0 Å². The lowest BCUT2D eigenvalue weighted by molar-refractivity contribution is 0.127. The Labute approximate surface area is 132 Å². The highest BCUT2D eigenvalue weighted by molar-refractivity contribution is 9.10. The predicted molar refractivity (Wildman–Crippen MR) is 85.4 cm³/mol. The molecule has 112 valence electrons. The molecular formula is C15H18BrN3O2. The lowest BCUT2D eigenvalue weighted by Gasteiger charge is -2.09. The summed E-state index contributed by atoms with van der Waals surface area (Å²) in [7, 11) is 1.81. The maximum absolute atomic E-state index is 5.73. The Balaban J connectivity index is 2.05. The van der Waals surface area contributed by atoms with Gasteiger partial charge in [-0.3, -0.25) is 0 Å². The van der Waals surface area contributed by atoms with Gasteiger partial charge < -0.3 is 14.8 Å². The SMILES string of the molecule is CCOCc1nc(NC)cc(OCc2ccc(Br)cc2)n1. The molecule has 6 heteroatoms. The predicted octanol–water partition coefficient (Wildman–Crippen LogP) is 3.40. The molecule has 0 fully saturated rings. The van der Waals surface area contributed by atoms with Crippen LogP contribution in [0.1, 0.15) is 18.3 Å². The van der Waals surface area contributed by atoms with Gasteiger partial charge in [0.1, 0.15) is 19.0 Å². The van der Waals surface area contributed by atoms with Gasteiger partial charge in [-0.2, -0.15) is 4.98 Å². The Morgan fingerprint density at radius 2 is 1.90 bits per heavy atom. The first-order valence-electron chi connectivity index (χ1n) is 6.72. The van der Waals surface area contributed by atoms with Crippen molar-refractivity contribution in [3.63, 3.8) is 0 Å². The van der Waals surface area contributed by atoms with E-state index in [1.807, 2.05) is 38.2 Å². The standard InChI is InChI=1S/C15H18BrN3O2/c1-3-20-10-14-18-13(17-2)8-15(19-14)21-9-11-4-6-12(16)7-5-11/h4-8H,3,9-10H2,1-2H3,(H,17,18,19). The number of benzene rings is 1. The molecule has 0 amide bonds. The van der Waals surface area contributed by atoms with Crippen LogP contribution < -0.4 is 10.1 Å². The van der Waals surface area contributed by atoms with Crippen molar-refractivity contribution in [2.24, 2.45) is 0 Å². The highest BCUT2D eigenvalue weighted by Crippen LogP contribution is 2.16. The Morgan fingerprint density at radius 1 is 1.14 bits per heavy atom. The van der Waals surface area contributed by atoms with Gasteiger partial charge >= 0.3 is 0 Å². The summed E-state index contributed by atoms with van der Waals surface area (Å²) >= 11 is 3.41. The molecule has 1 aromatic heterocycles. The summed E-state index contributed by atoms with van der Waals surface area (Å²) in [5, 5.41) is 3.00. The molecule has 5 nitrogen and oxygen atoms in total. The Kier molecular flexibility index (Phi) is 5.95. The van der Waals surface area contributed by atoms with Gasteiger partial charge in [-0.05, 0) is 24.6 Å². The van der Waals surface area contributed by atoms with Crippen molar-refractivity contribution >= 4 is 21.7 Å². The van der Waals surface area contributed by atoms with Crippen LogP contribution in [-0.4, -0.2) is 23.6 Å². The fraction of sp³-hybridized carbons (Fsp3) is 0.333. The number of ether oxygens (including phenoxy) is 2. The van der Waals surface area contributed by atoms with Crippen molar-refractivity contribution in [1.82, 2.24) is 9.97 Å². The number of nitrogens with zero attached hydrogens (tertiary/aromatic N) is 2. The molecule has 0 spiro atoms. The van der Waals surface area contributed by atoms with E-state index in [0.29, 0.717) is 37.3 Å². The second-order valence-corrected chi connectivity index (χ2v) is 5.23.